The predicted octanol–water partition coefficient (Wildman–Crippen LogP) is 3.93. The van der Waals surface area contributed by atoms with Gasteiger partial charge in [-0.25, -0.2) is 0 Å². The number of likely N-dealkylation sites (tertiary alicyclic amines) is 1. The minimum atomic E-state index is 0.405. The van der Waals surface area contributed by atoms with Crippen molar-refractivity contribution in [2.24, 2.45) is 10.8 Å². The summed E-state index contributed by atoms with van der Waals surface area (Å²) in [7, 11) is 0. The molecule has 1 rings (SSSR count). The van der Waals surface area contributed by atoms with E-state index in [4.69, 9.17) is 0 Å². The fourth-order valence-corrected chi connectivity index (χ4v) is 2.75. The maximum absolute atomic E-state index is 2.70. The van der Waals surface area contributed by atoms with Gasteiger partial charge in [-0.1, -0.05) is 34.6 Å². The van der Waals surface area contributed by atoms with Crippen molar-refractivity contribution in [2.75, 3.05) is 6.54 Å². The highest BCUT2D eigenvalue weighted by atomic mass is 15.2. The smallest absolute Gasteiger partial charge is 0.0152 e. The third-order valence-corrected chi connectivity index (χ3v) is 3.86. The molecule has 0 spiro atoms. The highest BCUT2D eigenvalue weighted by Gasteiger charge is 2.39. The molecule has 1 heterocycles. The second kappa shape index (κ2) is 4.08. The summed E-state index contributed by atoms with van der Waals surface area (Å²) in [5.41, 5.74) is 0.936. The molecule has 0 bridgehead atoms. The van der Waals surface area contributed by atoms with Crippen LogP contribution in [0.3, 0.4) is 0 Å². The van der Waals surface area contributed by atoms with Crippen molar-refractivity contribution in [3.05, 3.63) is 0 Å². The van der Waals surface area contributed by atoms with Crippen LogP contribution in [0.25, 0.3) is 0 Å². The first-order valence-corrected chi connectivity index (χ1v) is 6.39. The molecule has 1 heteroatoms. The van der Waals surface area contributed by atoms with Crippen molar-refractivity contribution in [2.45, 2.75) is 73.4 Å². The number of hydrogen-bond donors (Lipinski definition) is 0. The van der Waals surface area contributed by atoms with Crippen molar-refractivity contribution < 1.29 is 0 Å². The Hall–Kier alpha value is -0.0400. The molecule has 90 valence electrons. The number of hydrogen-bond acceptors (Lipinski definition) is 1. The zero-order valence-electron chi connectivity index (χ0n) is 11.7. The van der Waals surface area contributed by atoms with Crippen LogP contribution in [0, 0.1) is 10.8 Å². The lowest BCUT2D eigenvalue weighted by molar-refractivity contribution is -0.00925. The van der Waals surface area contributed by atoms with E-state index >= 15 is 0 Å². The van der Waals surface area contributed by atoms with Gasteiger partial charge in [0.15, 0.2) is 0 Å². The molecular weight excluding hydrogens is 182 g/mol. The third-order valence-electron chi connectivity index (χ3n) is 3.86. The fourth-order valence-electron chi connectivity index (χ4n) is 2.75. The minimum absolute atomic E-state index is 0.405. The molecule has 0 N–H and O–H groups in total. The van der Waals surface area contributed by atoms with Gasteiger partial charge in [0.2, 0.25) is 0 Å². The normalized spacial score (nSPS) is 28.4. The second-order valence-electron chi connectivity index (χ2n) is 7.33. The van der Waals surface area contributed by atoms with E-state index in [-0.39, 0.29) is 0 Å². The Morgan fingerprint density at radius 1 is 1.20 bits per heavy atom. The Morgan fingerprint density at radius 2 is 1.73 bits per heavy atom. The van der Waals surface area contributed by atoms with Gasteiger partial charge in [-0.15, -0.1) is 0 Å². The molecule has 0 saturated carbocycles. The summed E-state index contributed by atoms with van der Waals surface area (Å²) in [4.78, 5) is 2.70. The Bertz CT molecular complexity index is 210. The molecule has 0 aliphatic carbocycles. The molecule has 0 radical (unpaired) electrons. The Morgan fingerprint density at radius 3 is 2.13 bits per heavy atom. The van der Waals surface area contributed by atoms with Crippen LogP contribution in [-0.4, -0.2) is 23.5 Å². The monoisotopic (exact) mass is 211 g/mol. The quantitative estimate of drug-likeness (QED) is 0.635. The van der Waals surface area contributed by atoms with E-state index < -0.39 is 0 Å². The van der Waals surface area contributed by atoms with E-state index in [0.717, 1.165) is 6.04 Å². The maximum Gasteiger partial charge on any atom is 0.0152 e. The lowest BCUT2D eigenvalue weighted by atomic mass is 9.70. The second-order valence-corrected chi connectivity index (χ2v) is 7.33. The fraction of sp³-hybridized carbons (Fsp3) is 1.00. The summed E-state index contributed by atoms with van der Waals surface area (Å²) in [6.07, 6.45) is 2.69. The number of rotatable bonds is 1. The van der Waals surface area contributed by atoms with Gasteiger partial charge in [-0.05, 0) is 44.1 Å². The lowest BCUT2D eigenvalue weighted by Crippen LogP contribution is -2.53. The van der Waals surface area contributed by atoms with Crippen molar-refractivity contribution in [3.8, 4) is 0 Å². The summed E-state index contributed by atoms with van der Waals surface area (Å²) in [5, 5.41) is 0. The van der Waals surface area contributed by atoms with Crippen LogP contribution in [0.15, 0.2) is 0 Å². The van der Waals surface area contributed by atoms with Crippen LogP contribution in [0.5, 0.6) is 0 Å². The average molecular weight is 211 g/mol. The largest absolute Gasteiger partial charge is 0.297 e. The van der Waals surface area contributed by atoms with Gasteiger partial charge in [0, 0.05) is 12.1 Å². The van der Waals surface area contributed by atoms with E-state index in [1.165, 1.54) is 19.4 Å². The van der Waals surface area contributed by atoms with Crippen LogP contribution in [0.1, 0.15) is 61.3 Å². The van der Waals surface area contributed by atoms with Gasteiger partial charge in [-0.2, -0.15) is 0 Å². The zero-order chi connectivity index (χ0) is 11.9. The van der Waals surface area contributed by atoms with Crippen molar-refractivity contribution in [3.63, 3.8) is 0 Å². The Kier molecular flexibility index (Phi) is 3.55. The van der Waals surface area contributed by atoms with Gasteiger partial charge in [-0.3, -0.25) is 4.90 Å². The molecule has 0 aromatic carbocycles. The molecule has 1 aliphatic heterocycles. The topological polar surface area (TPSA) is 3.24 Å². The first-order chi connectivity index (χ1) is 6.63. The summed E-state index contributed by atoms with van der Waals surface area (Å²) < 4.78 is 0. The molecule has 1 saturated heterocycles. The Labute approximate surface area is 96.2 Å². The van der Waals surface area contributed by atoms with Crippen LogP contribution < -0.4 is 0 Å². The lowest BCUT2D eigenvalue weighted by Gasteiger charge is -2.50. The van der Waals surface area contributed by atoms with E-state index in [1.807, 2.05) is 0 Å². The van der Waals surface area contributed by atoms with Gasteiger partial charge in [0.1, 0.15) is 0 Å². The van der Waals surface area contributed by atoms with Crippen LogP contribution in [0.2, 0.25) is 0 Å². The summed E-state index contributed by atoms with van der Waals surface area (Å²) in [6, 6.07) is 1.42. The molecule has 0 aromatic rings. The van der Waals surface area contributed by atoms with Gasteiger partial charge < -0.3 is 0 Å². The van der Waals surface area contributed by atoms with Crippen molar-refractivity contribution >= 4 is 0 Å². The zero-order valence-corrected chi connectivity index (χ0v) is 11.7. The summed E-state index contributed by atoms with van der Waals surface area (Å²) in [5.74, 6) is 0. The molecule has 0 amide bonds. The van der Waals surface area contributed by atoms with Crippen molar-refractivity contribution in [1.29, 1.82) is 0 Å². The first-order valence-electron chi connectivity index (χ1n) is 6.39. The molecular formula is C14H29N. The third kappa shape index (κ3) is 3.21. The SMILES string of the molecule is CC(C)N1CCC(C)(C)CC1C(C)(C)C. The molecule has 1 atom stereocenters. The van der Waals surface area contributed by atoms with Gasteiger partial charge >= 0.3 is 0 Å². The van der Waals surface area contributed by atoms with Crippen LogP contribution in [0.4, 0.5) is 0 Å². The predicted molar refractivity (Wildman–Crippen MR) is 68.1 cm³/mol. The molecule has 0 aromatic heterocycles. The standard InChI is InChI=1S/C14H29N/c1-11(2)15-9-8-14(6,7)10-12(15)13(3,4)5/h11-12H,8-10H2,1-7H3. The molecule has 1 unspecified atom stereocenters. The number of piperidine rings is 1. The Balaban J connectivity index is 2.84. The van der Waals surface area contributed by atoms with E-state index in [1.54, 1.807) is 0 Å². The molecule has 1 nitrogen and oxygen atoms in total. The first kappa shape index (κ1) is 13.0. The summed E-state index contributed by atoms with van der Waals surface area (Å²) >= 11 is 0. The van der Waals surface area contributed by atoms with Crippen LogP contribution in [-0.2, 0) is 0 Å². The van der Waals surface area contributed by atoms with E-state index in [2.05, 4.69) is 53.4 Å². The highest BCUT2D eigenvalue weighted by Crippen LogP contribution is 2.41. The highest BCUT2D eigenvalue weighted by molar-refractivity contribution is 4.93. The molecule has 1 fully saturated rings. The van der Waals surface area contributed by atoms with Crippen LogP contribution >= 0.6 is 0 Å². The molecule has 15 heavy (non-hydrogen) atoms. The summed E-state index contributed by atoms with van der Waals surface area (Å²) in [6.45, 7) is 17.9. The average Bonchev–Trinajstić information content (AvgIpc) is 2.00. The molecule has 1 aliphatic rings. The minimum Gasteiger partial charge on any atom is -0.297 e. The van der Waals surface area contributed by atoms with Gasteiger partial charge in [0.25, 0.3) is 0 Å². The van der Waals surface area contributed by atoms with E-state index in [9.17, 15) is 0 Å². The van der Waals surface area contributed by atoms with Gasteiger partial charge in [0.05, 0.1) is 0 Å². The number of nitrogens with zero attached hydrogens (tertiary/aromatic N) is 1. The van der Waals surface area contributed by atoms with Crippen molar-refractivity contribution in [1.82, 2.24) is 4.90 Å². The van der Waals surface area contributed by atoms with E-state index in [0.29, 0.717) is 16.9 Å². The maximum atomic E-state index is 2.70.